The summed E-state index contributed by atoms with van der Waals surface area (Å²) in [4.78, 5) is 13.6. The quantitative estimate of drug-likeness (QED) is 0.837. The lowest BCUT2D eigenvalue weighted by molar-refractivity contribution is 0.0285. The molecule has 1 amide bonds. The number of likely N-dealkylation sites (tertiary alicyclic amines) is 1. The van der Waals surface area contributed by atoms with Gasteiger partial charge >= 0.3 is 6.09 Å². The van der Waals surface area contributed by atoms with Crippen LogP contribution in [0.25, 0.3) is 0 Å². The number of hydrogen-bond acceptors (Lipinski definition) is 3. The number of amides is 1. The molecule has 0 saturated carbocycles. The first-order chi connectivity index (χ1) is 10.2. The average molecular weight is 330 g/mol. The van der Waals surface area contributed by atoms with E-state index in [1.54, 1.807) is 11.0 Å². The summed E-state index contributed by atoms with van der Waals surface area (Å²) in [6, 6.07) is 4.36. The zero-order valence-corrected chi connectivity index (χ0v) is 13.8. The van der Waals surface area contributed by atoms with Crippen molar-refractivity contribution in [3.05, 3.63) is 29.0 Å². The largest absolute Gasteiger partial charge is 0.493 e. The number of nitrogens with zero attached hydrogens (tertiary/aromatic N) is 1. The molecule has 1 aliphatic rings. The Labute approximate surface area is 135 Å². The van der Waals surface area contributed by atoms with Crippen molar-refractivity contribution in [1.82, 2.24) is 4.90 Å². The number of hydrogen-bond donors (Lipinski definition) is 0. The van der Waals surface area contributed by atoms with Crippen molar-refractivity contribution in [1.29, 1.82) is 0 Å². The molecule has 1 aromatic rings. The molecule has 22 heavy (non-hydrogen) atoms. The Kier molecular flexibility index (Phi) is 5.16. The minimum Gasteiger partial charge on any atom is -0.493 e. The van der Waals surface area contributed by atoms with Crippen molar-refractivity contribution in [2.24, 2.45) is 5.92 Å². The van der Waals surface area contributed by atoms with Crippen LogP contribution in [0.15, 0.2) is 18.2 Å². The van der Waals surface area contributed by atoms with Gasteiger partial charge in [-0.05, 0) is 39.3 Å². The molecule has 0 radical (unpaired) electrons. The first kappa shape index (κ1) is 16.9. The fourth-order valence-electron chi connectivity index (χ4n) is 2.24. The monoisotopic (exact) mass is 329 g/mol. The molecule has 122 valence electrons. The number of benzene rings is 1. The summed E-state index contributed by atoms with van der Waals surface area (Å²) in [5.41, 5.74) is -0.494. The second kappa shape index (κ2) is 6.73. The van der Waals surface area contributed by atoms with Gasteiger partial charge in [-0.15, -0.1) is 0 Å². The van der Waals surface area contributed by atoms with Gasteiger partial charge in [0.05, 0.1) is 11.6 Å². The molecule has 4 nitrogen and oxygen atoms in total. The summed E-state index contributed by atoms with van der Waals surface area (Å²) >= 11 is 5.63. The zero-order chi connectivity index (χ0) is 16.3. The van der Waals surface area contributed by atoms with Crippen LogP contribution in [-0.4, -0.2) is 36.3 Å². The van der Waals surface area contributed by atoms with Crippen molar-refractivity contribution in [2.45, 2.75) is 32.8 Å². The fraction of sp³-hybridized carbons (Fsp3) is 0.562. The molecular weight excluding hydrogens is 309 g/mol. The normalized spacial score (nSPS) is 18.4. The van der Waals surface area contributed by atoms with E-state index in [0.717, 1.165) is 6.42 Å². The van der Waals surface area contributed by atoms with E-state index in [1.165, 1.54) is 12.1 Å². The number of carbonyl (C=O) groups is 1. The Bertz CT molecular complexity index is 545. The highest BCUT2D eigenvalue weighted by Crippen LogP contribution is 2.23. The number of carbonyl (C=O) groups excluding carboxylic acids is 1. The highest BCUT2D eigenvalue weighted by molar-refractivity contribution is 6.30. The highest BCUT2D eigenvalue weighted by Gasteiger charge is 2.30. The van der Waals surface area contributed by atoms with Crippen LogP contribution >= 0.6 is 11.6 Å². The van der Waals surface area contributed by atoms with Gasteiger partial charge in [0.15, 0.2) is 0 Å². The maximum atomic E-state index is 13.3. The van der Waals surface area contributed by atoms with Gasteiger partial charge in [0.1, 0.15) is 17.2 Å². The summed E-state index contributed by atoms with van der Waals surface area (Å²) in [6.07, 6.45) is 0.544. The SMILES string of the molecule is CC(C)(C)OC(=O)N1CC[C@H](COc2ccc(Cl)c(F)c2)C1. The van der Waals surface area contributed by atoms with Gasteiger partial charge in [0, 0.05) is 25.1 Å². The molecular formula is C16H21ClFNO3. The average Bonchev–Trinajstić information content (AvgIpc) is 2.87. The summed E-state index contributed by atoms with van der Waals surface area (Å²) in [7, 11) is 0. The topological polar surface area (TPSA) is 38.8 Å². The summed E-state index contributed by atoms with van der Waals surface area (Å²) in [5, 5.41) is 0.0734. The Morgan fingerprint density at radius 2 is 2.18 bits per heavy atom. The molecule has 0 aliphatic carbocycles. The van der Waals surface area contributed by atoms with Crippen LogP contribution in [0.1, 0.15) is 27.2 Å². The van der Waals surface area contributed by atoms with Gasteiger partial charge in [-0.25, -0.2) is 9.18 Å². The second-order valence-electron chi connectivity index (χ2n) is 6.47. The van der Waals surface area contributed by atoms with Crippen LogP contribution in [-0.2, 0) is 4.74 Å². The molecule has 6 heteroatoms. The highest BCUT2D eigenvalue weighted by atomic mass is 35.5. The van der Waals surface area contributed by atoms with E-state index in [4.69, 9.17) is 21.1 Å². The van der Waals surface area contributed by atoms with Crippen LogP contribution in [0.4, 0.5) is 9.18 Å². The van der Waals surface area contributed by atoms with Crippen LogP contribution in [0.5, 0.6) is 5.75 Å². The predicted octanol–water partition coefficient (Wildman–Crippen LogP) is 4.11. The summed E-state index contributed by atoms with van der Waals surface area (Å²) < 4.78 is 24.2. The first-order valence-corrected chi connectivity index (χ1v) is 7.68. The molecule has 1 aromatic carbocycles. The summed E-state index contributed by atoms with van der Waals surface area (Å²) in [5.74, 6) is 0.157. The zero-order valence-electron chi connectivity index (χ0n) is 13.1. The molecule has 0 aromatic heterocycles. The minimum absolute atomic E-state index is 0.0734. The Hall–Kier alpha value is -1.49. The van der Waals surface area contributed by atoms with Crippen molar-refractivity contribution in [3.8, 4) is 5.75 Å². The fourth-order valence-corrected chi connectivity index (χ4v) is 2.36. The third-order valence-electron chi connectivity index (χ3n) is 3.31. The third kappa shape index (κ3) is 4.77. The third-order valence-corrected chi connectivity index (χ3v) is 3.62. The lowest BCUT2D eigenvalue weighted by atomic mass is 10.1. The molecule has 0 unspecified atom stereocenters. The van der Waals surface area contributed by atoms with Crippen LogP contribution in [0, 0.1) is 11.7 Å². The molecule has 0 spiro atoms. The van der Waals surface area contributed by atoms with E-state index < -0.39 is 11.4 Å². The van der Waals surface area contributed by atoms with E-state index >= 15 is 0 Å². The number of rotatable bonds is 3. The van der Waals surface area contributed by atoms with Crippen molar-refractivity contribution in [3.63, 3.8) is 0 Å². The van der Waals surface area contributed by atoms with Crippen molar-refractivity contribution >= 4 is 17.7 Å². The van der Waals surface area contributed by atoms with Gasteiger partial charge in [0.2, 0.25) is 0 Å². The van der Waals surface area contributed by atoms with Crippen LogP contribution in [0.3, 0.4) is 0 Å². The standard InChI is InChI=1S/C16H21ClFNO3/c1-16(2,3)22-15(20)19-7-6-11(9-19)10-21-12-4-5-13(17)14(18)8-12/h4-5,8,11H,6-7,9-10H2,1-3H3/t11-/m0/s1. The van der Waals surface area contributed by atoms with E-state index in [-0.39, 0.29) is 17.0 Å². The van der Waals surface area contributed by atoms with E-state index in [1.807, 2.05) is 20.8 Å². The van der Waals surface area contributed by atoms with E-state index in [0.29, 0.717) is 25.4 Å². The van der Waals surface area contributed by atoms with Crippen LogP contribution < -0.4 is 4.74 Å². The van der Waals surface area contributed by atoms with Crippen LogP contribution in [0.2, 0.25) is 5.02 Å². The lowest BCUT2D eigenvalue weighted by Crippen LogP contribution is -2.35. The Morgan fingerprint density at radius 3 is 2.82 bits per heavy atom. The Morgan fingerprint density at radius 1 is 1.45 bits per heavy atom. The lowest BCUT2D eigenvalue weighted by Gasteiger charge is -2.24. The first-order valence-electron chi connectivity index (χ1n) is 7.30. The molecule has 1 aliphatic heterocycles. The van der Waals surface area contributed by atoms with E-state index in [2.05, 4.69) is 0 Å². The molecule has 0 bridgehead atoms. The molecule has 2 rings (SSSR count). The van der Waals surface area contributed by atoms with Gasteiger partial charge < -0.3 is 14.4 Å². The second-order valence-corrected chi connectivity index (χ2v) is 6.88. The summed E-state index contributed by atoms with van der Waals surface area (Å²) in [6.45, 7) is 7.20. The van der Waals surface area contributed by atoms with E-state index in [9.17, 15) is 9.18 Å². The number of halogens is 2. The van der Waals surface area contributed by atoms with Gasteiger partial charge in [-0.1, -0.05) is 11.6 Å². The molecule has 1 saturated heterocycles. The maximum Gasteiger partial charge on any atom is 0.410 e. The maximum absolute atomic E-state index is 13.3. The molecule has 1 heterocycles. The Balaban J connectivity index is 1.81. The smallest absolute Gasteiger partial charge is 0.410 e. The van der Waals surface area contributed by atoms with Gasteiger partial charge in [-0.2, -0.15) is 0 Å². The van der Waals surface area contributed by atoms with Gasteiger partial charge in [-0.3, -0.25) is 0 Å². The van der Waals surface area contributed by atoms with Crippen molar-refractivity contribution in [2.75, 3.05) is 19.7 Å². The molecule has 1 atom stereocenters. The molecule has 0 N–H and O–H groups in total. The number of ether oxygens (including phenoxy) is 2. The molecule has 1 fully saturated rings. The minimum atomic E-state index is -0.499. The van der Waals surface area contributed by atoms with Crippen molar-refractivity contribution < 1.29 is 18.7 Å². The van der Waals surface area contributed by atoms with Gasteiger partial charge in [0.25, 0.3) is 0 Å². The predicted molar refractivity (Wildman–Crippen MR) is 82.8 cm³/mol.